The molecule has 152 valence electrons. The highest BCUT2D eigenvalue weighted by atomic mass is 32.2. The summed E-state index contributed by atoms with van der Waals surface area (Å²) in [5, 5.41) is 9.98. The lowest BCUT2D eigenvalue weighted by Gasteiger charge is -2.29. The molecule has 0 saturated heterocycles. The van der Waals surface area contributed by atoms with Gasteiger partial charge in [-0.05, 0) is 31.2 Å². The van der Waals surface area contributed by atoms with E-state index in [2.05, 4.69) is 4.74 Å². The van der Waals surface area contributed by atoms with E-state index in [0.717, 1.165) is 35.7 Å². The Morgan fingerprint density at radius 1 is 1.07 bits per heavy atom. The zero-order valence-electron chi connectivity index (χ0n) is 15.0. The van der Waals surface area contributed by atoms with Gasteiger partial charge >= 0.3 is 12.1 Å². The van der Waals surface area contributed by atoms with E-state index in [1.165, 1.54) is 12.1 Å². The molecule has 0 saturated carbocycles. The van der Waals surface area contributed by atoms with Crippen molar-refractivity contribution in [3.63, 3.8) is 0 Å². The summed E-state index contributed by atoms with van der Waals surface area (Å²) in [6, 6.07) is 11.4. The Bertz CT molecular complexity index is 930. The number of benzene rings is 2. The number of sulfonamides is 1. The van der Waals surface area contributed by atoms with Crippen LogP contribution in [0.1, 0.15) is 12.5 Å². The standard InChI is InChI=1S/C18H18F3NO5S/c1-3-22(28(25,26)15-7-5-4-6-8-15)14-11-9-13(10-12-14)17(24,16(23)27-2)18(19,20)21/h4-12,24H,3H2,1-2H3/t17-/m1/s1. The maximum Gasteiger partial charge on any atom is 0.432 e. The van der Waals surface area contributed by atoms with Crippen molar-refractivity contribution in [2.24, 2.45) is 0 Å². The Hall–Kier alpha value is -2.59. The molecule has 2 rings (SSSR count). The van der Waals surface area contributed by atoms with Crippen LogP contribution >= 0.6 is 0 Å². The van der Waals surface area contributed by atoms with Crippen molar-refractivity contribution >= 4 is 21.7 Å². The number of rotatable bonds is 6. The summed E-state index contributed by atoms with van der Waals surface area (Å²) in [6.07, 6.45) is -5.33. The van der Waals surface area contributed by atoms with Crippen molar-refractivity contribution in [3.8, 4) is 0 Å². The number of alkyl halides is 3. The van der Waals surface area contributed by atoms with E-state index < -0.39 is 33.3 Å². The highest BCUT2D eigenvalue weighted by Crippen LogP contribution is 2.40. The lowest BCUT2D eigenvalue weighted by molar-refractivity contribution is -0.266. The summed E-state index contributed by atoms with van der Waals surface area (Å²) < 4.78 is 70.6. The van der Waals surface area contributed by atoms with Crippen LogP contribution < -0.4 is 4.31 Å². The molecule has 0 unspecified atom stereocenters. The third-order valence-corrected chi connectivity index (χ3v) is 6.00. The minimum absolute atomic E-state index is 0.0110. The number of esters is 1. The molecule has 0 amide bonds. The van der Waals surface area contributed by atoms with Gasteiger partial charge in [0, 0.05) is 12.1 Å². The molecule has 1 atom stereocenters. The molecular weight excluding hydrogens is 399 g/mol. The molecule has 0 aliphatic heterocycles. The monoisotopic (exact) mass is 417 g/mol. The van der Waals surface area contributed by atoms with Gasteiger partial charge in [0.25, 0.3) is 15.6 Å². The van der Waals surface area contributed by atoms with Crippen molar-refractivity contribution in [1.29, 1.82) is 0 Å². The minimum Gasteiger partial charge on any atom is -0.466 e. The first-order valence-electron chi connectivity index (χ1n) is 8.06. The molecule has 6 nitrogen and oxygen atoms in total. The van der Waals surface area contributed by atoms with Crippen LogP contribution in [-0.4, -0.2) is 39.3 Å². The second-order valence-electron chi connectivity index (χ2n) is 5.73. The number of methoxy groups -OCH3 is 1. The van der Waals surface area contributed by atoms with E-state index in [1.807, 2.05) is 0 Å². The summed E-state index contributed by atoms with van der Waals surface area (Å²) in [5.74, 6) is -1.89. The Labute approximate surface area is 160 Å². The molecule has 0 heterocycles. The van der Waals surface area contributed by atoms with E-state index in [-0.39, 0.29) is 17.1 Å². The first-order valence-corrected chi connectivity index (χ1v) is 9.50. The maximum atomic E-state index is 13.3. The Morgan fingerprint density at radius 2 is 1.61 bits per heavy atom. The van der Waals surface area contributed by atoms with Crippen LogP contribution in [0.25, 0.3) is 0 Å². The normalized spacial score (nSPS) is 14.2. The number of aliphatic hydroxyl groups is 1. The third-order valence-electron chi connectivity index (χ3n) is 4.08. The first-order chi connectivity index (χ1) is 13.0. The van der Waals surface area contributed by atoms with E-state index in [0.29, 0.717) is 0 Å². The summed E-state index contributed by atoms with van der Waals surface area (Å²) in [6.45, 7) is 1.58. The minimum atomic E-state index is -5.33. The van der Waals surface area contributed by atoms with Gasteiger partial charge in [0.15, 0.2) is 0 Å². The predicted octanol–water partition coefficient (Wildman–Crippen LogP) is 2.82. The fraction of sp³-hybridized carbons (Fsp3) is 0.278. The molecule has 0 radical (unpaired) electrons. The molecule has 0 bridgehead atoms. The number of carbonyl (C=O) groups excluding carboxylic acids is 1. The van der Waals surface area contributed by atoms with Crippen molar-refractivity contribution in [2.75, 3.05) is 18.0 Å². The van der Waals surface area contributed by atoms with Gasteiger partial charge in [0.1, 0.15) is 0 Å². The third kappa shape index (κ3) is 3.69. The number of nitrogens with zero attached hydrogens (tertiary/aromatic N) is 1. The smallest absolute Gasteiger partial charge is 0.432 e. The fourth-order valence-corrected chi connectivity index (χ4v) is 4.12. The van der Waals surface area contributed by atoms with Crippen LogP contribution in [0, 0.1) is 0 Å². The van der Waals surface area contributed by atoms with Crippen LogP contribution in [0.3, 0.4) is 0 Å². The quantitative estimate of drug-likeness (QED) is 0.731. The molecular formula is C18H18F3NO5S. The number of anilines is 1. The van der Waals surface area contributed by atoms with Gasteiger partial charge in [-0.1, -0.05) is 30.3 Å². The fourth-order valence-electron chi connectivity index (χ4n) is 2.62. The zero-order valence-corrected chi connectivity index (χ0v) is 15.8. The molecule has 0 fully saturated rings. The number of ether oxygens (including phenoxy) is 1. The SMILES string of the molecule is CCN(c1ccc([C@@](O)(C(=O)OC)C(F)(F)F)cc1)S(=O)(=O)c1ccccc1. The molecule has 0 spiro atoms. The molecule has 2 aromatic rings. The van der Waals surface area contributed by atoms with Gasteiger partial charge < -0.3 is 9.84 Å². The lowest BCUT2D eigenvalue weighted by atomic mass is 9.93. The Morgan fingerprint density at radius 3 is 2.04 bits per heavy atom. The predicted molar refractivity (Wildman–Crippen MR) is 95.1 cm³/mol. The van der Waals surface area contributed by atoms with Crippen molar-refractivity contribution in [3.05, 3.63) is 60.2 Å². The zero-order chi connectivity index (χ0) is 21.2. The van der Waals surface area contributed by atoms with Gasteiger partial charge in [0.05, 0.1) is 17.7 Å². The lowest BCUT2D eigenvalue weighted by Crippen LogP contribution is -2.49. The van der Waals surface area contributed by atoms with Crippen molar-refractivity contribution in [2.45, 2.75) is 23.6 Å². The van der Waals surface area contributed by atoms with E-state index in [9.17, 15) is 31.5 Å². The van der Waals surface area contributed by atoms with Crippen LogP contribution in [0.4, 0.5) is 18.9 Å². The van der Waals surface area contributed by atoms with Crippen molar-refractivity contribution < 1.29 is 36.2 Å². The van der Waals surface area contributed by atoms with E-state index in [1.54, 1.807) is 25.1 Å². The first kappa shape index (κ1) is 21.7. The average Bonchev–Trinajstić information content (AvgIpc) is 2.67. The number of hydrogen-bond acceptors (Lipinski definition) is 5. The van der Waals surface area contributed by atoms with Gasteiger partial charge in [0.2, 0.25) is 0 Å². The molecule has 0 aliphatic rings. The molecule has 2 aromatic carbocycles. The van der Waals surface area contributed by atoms with E-state index >= 15 is 0 Å². The van der Waals surface area contributed by atoms with Crippen LogP contribution in [0.2, 0.25) is 0 Å². The topological polar surface area (TPSA) is 83.9 Å². The second-order valence-corrected chi connectivity index (χ2v) is 7.59. The molecule has 0 aliphatic carbocycles. The summed E-state index contributed by atoms with van der Waals surface area (Å²) in [4.78, 5) is 11.6. The van der Waals surface area contributed by atoms with Gasteiger partial charge in [-0.2, -0.15) is 13.2 Å². The second kappa shape index (κ2) is 7.80. The molecule has 0 aromatic heterocycles. The van der Waals surface area contributed by atoms with Crippen LogP contribution in [0.5, 0.6) is 0 Å². The Balaban J connectivity index is 2.49. The highest BCUT2D eigenvalue weighted by molar-refractivity contribution is 7.92. The summed E-state index contributed by atoms with van der Waals surface area (Å²) >= 11 is 0. The van der Waals surface area contributed by atoms with E-state index in [4.69, 9.17) is 0 Å². The molecule has 1 N–H and O–H groups in total. The molecule has 28 heavy (non-hydrogen) atoms. The van der Waals surface area contributed by atoms with Gasteiger partial charge in [-0.15, -0.1) is 0 Å². The highest BCUT2D eigenvalue weighted by Gasteiger charge is 2.62. The summed E-state index contributed by atoms with van der Waals surface area (Å²) in [5.41, 5.74) is -4.58. The number of carbonyl (C=O) groups is 1. The largest absolute Gasteiger partial charge is 0.466 e. The molecule has 10 heteroatoms. The average molecular weight is 417 g/mol. The Kier molecular flexibility index (Phi) is 6.05. The van der Waals surface area contributed by atoms with Crippen LogP contribution in [0.15, 0.2) is 59.5 Å². The van der Waals surface area contributed by atoms with Crippen LogP contribution in [-0.2, 0) is 25.2 Å². The van der Waals surface area contributed by atoms with Gasteiger partial charge in [-0.25, -0.2) is 13.2 Å². The van der Waals surface area contributed by atoms with Crippen molar-refractivity contribution in [1.82, 2.24) is 0 Å². The maximum absolute atomic E-state index is 13.3. The summed E-state index contributed by atoms with van der Waals surface area (Å²) in [7, 11) is -3.22. The number of hydrogen-bond donors (Lipinski definition) is 1. The number of halogens is 3. The van der Waals surface area contributed by atoms with Gasteiger partial charge in [-0.3, -0.25) is 4.31 Å².